The number of allylic oxidation sites excluding steroid dienone is 2. The molecule has 3 rings (SSSR count). The lowest BCUT2D eigenvalue weighted by Crippen LogP contribution is -2.44. The van der Waals surface area contributed by atoms with E-state index in [-0.39, 0.29) is 0 Å². The number of para-hydroxylation sites is 1. The van der Waals surface area contributed by atoms with E-state index in [1.54, 1.807) is 13.2 Å². The number of methoxy groups -OCH3 is 1. The molecule has 1 heterocycles. The number of likely N-dealkylation sites (N-methyl/N-ethyl adjacent to an activating group) is 1. The van der Waals surface area contributed by atoms with Crippen LogP contribution in [0.5, 0.6) is 5.75 Å². The minimum absolute atomic E-state index is 0.414. The van der Waals surface area contributed by atoms with E-state index in [4.69, 9.17) is 14.6 Å². The molecule has 3 N–H and O–H groups in total. The SMILES string of the molecule is C=C(NOC)c1ccccc1NC(=N/C(=C/CCC)Nc1ccc(OC)c(N2CCN(C)CC2)c1)/C(C#N)=C\C. The summed E-state index contributed by atoms with van der Waals surface area (Å²) >= 11 is 0. The Kier molecular flexibility index (Phi) is 11.6. The van der Waals surface area contributed by atoms with Crippen LogP contribution in [0.15, 0.2) is 77.6 Å². The maximum atomic E-state index is 9.92. The number of amidine groups is 1. The zero-order valence-corrected chi connectivity index (χ0v) is 24.3. The Morgan fingerprint density at radius 3 is 2.52 bits per heavy atom. The summed E-state index contributed by atoms with van der Waals surface area (Å²) in [6, 6.07) is 16.0. The lowest BCUT2D eigenvalue weighted by Gasteiger charge is -2.35. The molecule has 2 aromatic rings. The summed E-state index contributed by atoms with van der Waals surface area (Å²) in [6.45, 7) is 11.8. The minimum atomic E-state index is 0.414. The number of rotatable bonds is 12. The lowest BCUT2D eigenvalue weighted by molar-refractivity contribution is 0.137. The van der Waals surface area contributed by atoms with Gasteiger partial charge in [0.15, 0.2) is 0 Å². The van der Waals surface area contributed by atoms with Crippen molar-refractivity contribution in [3.63, 3.8) is 0 Å². The molecule has 1 saturated heterocycles. The number of aliphatic imine (C=N–C) groups is 1. The van der Waals surface area contributed by atoms with Gasteiger partial charge in [-0.05, 0) is 50.7 Å². The number of nitrogens with zero attached hydrogens (tertiary/aromatic N) is 4. The van der Waals surface area contributed by atoms with Crippen LogP contribution >= 0.6 is 0 Å². The number of unbranched alkanes of at least 4 members (excludes halogenated alkanes) is 1. The summed E-state index contributed by atoms with van der Waals surface area (Å²) in [7, 11) is 5.38. The second-order valence-electron chi connectivity index (χ2n) is 9.41. The van der Waals surface area contributed by atoms with E-state index in [0.29, 0.717) is 22.9 Å². The molecule has 1 fully saturated rings. The van der Waals surface area contributed by atoms with E-state index in [9.17, 15) is 5.26 Å². The van der Waals surface area contributed by atoms with Crippen molar-refractivity contribution in [1.82, 2.24) is 10.4 Å². The summed E-state index contributed by atoms with van der Waals surface area (Å²) in [5.74, 6) is 1.90. The van der Waals surface area contributed by atoms with Crippen LogP contribution in [0.2, 0.25) is 0 Å². The Balaban J connectivity index is 1.99. The second-order valence-corrected chi connectivity index (χ2v) is 9.41. The van der Waals surface area contributed by atoms with Gasteiger partial charge < -0.3 is 25.2 Å². The molecule has 2 aromatic carbocycles. The molecule has 9 nitrogen and oxygen atoms in total. The molecule has 0 spiro atoms. The molecule has 9 heteroatoms. The first-order valence-corrected chi connectivity index (χ1v) is 13.5. The Labute approximate surface area is 238 Å². The van der Waals surface area contributed by atoms with Crippen LogP contribution < -0.4 is 25.8 Å². The fourth-order valence-corrected chi connectivity index (χ4v) is 4.31. The van der Waals surface area contributed by atoms with Crippen LogP contribution in [-0.4, -0.2) is 58.2 Å². The molecular formula is C31H41N7O2. The van der Waals surface area contributed by atoms with Crippen molar-refractivity contribution in [1.29, 1.82) is 5.26 Å². The van der Waals surface area contributed by atoms with E-state index in [1.165, 1.54) is 7.11 Å². The number of hydrogen-bond acceptors (Lipinski definition) is 8. The van der Waals surface area contributed by atoms with Crippen LogP contribution in [-0.2, 0) is 4.84 Å². The molecule has 212 valence electrons. The topological polar surface area (TPSA) is 97.2 Å². The Bertz CT molecular complexity index is 1280. The van der Waals surface area contributed by atoms with Gasteiger partial charge in [-0.15, -0.1) is 0 Å². The van der Waals surface area contributed by atoms with Crippen LogP contribution in [0, 0.1) is 11.3 Å². The predicted octanol–water partition coefficient (Wildman–Crippen LogP) is 5.60. The first kappa shape index (κ1) is 30.3. The quantitative estimate of drug-likeness (QED) is 0.138. The molecular weight excluding hydrogens is 502 g/mol. The van der Waals surface area contributed by atoms with Crippen LogP contribution in [0.25, 0.3) is 5.70 Å². The molecule has 0 bridgehead atoms. The zero-order chi connectivity index (χ0) is 28.9. The molecule has 0 amide bonds. The first-order valence-electron chi connectivity index (χ1n) is 13.5. The number of ether oxygens (including phenoxy) is 1. The highest BCUT2D eigenvalue weighted by Crippen LogP contribution is 2.33. The largest absolute Gasteiger partial charge is 0.495 e. The first-order chi connectivity index (χ1) is 19.4. The van der Waals surface area contributed by atoms with E-state index >= 15 is 0 Å². The van der Waals surface area contributed by atoms with Crippen molar-refractivity contribution < 1.29 is 9.57 Å². The average Bonchev–Trinajstić information content (AvgIpc) is 2.97. The highest BCUT2D eigenvalue weighted by Gasteiger charge is 2.19. The summed E-state index contributed by atoms with van der Waals surface area (Å²) < 4.78 is 5.69. The van der Waals surface area contributed by atoms with Gasteiger partial charge in [0.1, 0.15) is 23.5 Å². The molecule has 0 aromatic heterocycles. The monoisotopic (exact) mass is 543 g/mol. The maximum Gasteiger partial charge on any atom is 0.150 e. The van der Waals surface area contributed by atoms with Gasteiger partial charge in [0, 0.05) is 43.1 Å². The maximum absolute atomic E-state index is 9.92. The van der Waals surface area contributed by atoms with Crippen LogP contribution in [0.4, 0.5) is 17.1 Å². The number of hydrogen-bond donors (Lipinski definition) is 3. The Morgan fingerprint density at radius 1 is 1.12 bits per heavy atom. The smallest absolute Gasteiger partial charge is 0.150 e. The molecule has 0 aliphatic carbocycles. The highest BCUT2D eigenvalue weighted by molar-refractivity contribution is 6.12. The van der Waals surface area contributed by atoms with E-state index in [0.717, 1.165) is 67.4 Å². The third-order valence-electron chi connectivity index (χ3n) is 6.55. The van der Waals surface area contributed by atoms with E-state index < -0.39 is 0 Å². The third kappa shape index (κ3) is 8.12. The van der Waals surface area contributed by atoms with Gasteiger partial charge in [0.05, 0.1) is 31.2 Å². The molecule has 0 unspecified atom stereocenters. The summed E-state index contributed by atoms with van der Waals surface area (Å²) in [6.07, 6.45) is 5.57. The highest BCUT2D eigenvalue weighted by atomic mass is 16.6. The van der Waals surface area contributed by atoms with Gasteiger partial charge in [0.2, 0.25) is 0 Å². The van der Waals surface area contributed by atoms with Crippen molar-refractivity contribution in [3.8, 4) is 11.8 Å². The standard InChI is InChI=1S/C31H41N7O2/c1-7-9-14-30(33-25-15-16-29(39-5)28(21-25)38-19-17-37(4)18-20-38)35-31(24(8-2)22-32)34-27-13-11-10-12-26(27)23(3)36-40-6/h8,10-16,21,33,36H,3,7,9,17-20H2,1-2,4-6H3,(H,34,35)/b24-8-,30-14+. The molecule has 1 aliphatic rings. The average molecular weight is 544 g/mol. The van der Waals surface area contributed by atoms with Gasteiger partial charge in [-0.2, -0.15) is 5.26 Å². The molecule has 0 atom stereocenters. The van der Waals surface area contributed by atoms with Crippen molar-refractivity contribution in [3.05, 3.63) is 78.2 Å². The zero-order valence-electron chi connectivity index (χ0n) is 24.3. The van der Waals surface area contributed by atoms with Crippen molar-refractivity contribution >= 4 is 28.6 Å². The Morgan fingerprint density at radius 2 is 1.88 bits per heavy atom. The van der Waals surface area contributed by atoms with Crippen LogP contribution in [0.3, 0.4) is 0 Å². The van der Waals surface area contributed by atoms with Crippen molar-refractivity contribution in [2.45, 2.75) is 26.7 Å². The molecule has 0 radical (unpaired) electrons. The lowest BCUT2D eigenvalue weighted by atomic mass is 10.1. The van der Waals surface area contributed by atoms with E-state index in [1.807, 2.05) is 49.4 Å². The van der Waals surface area contributed by atoms with Gasteiger partial charge in [-0.1, -0.05) is 44.2 Å². The molecule has 1 aliphatic heterocycles. The summed E-state index contributed by atoms with van der Waals surface area (Å²) in [4.78, 5) is 14.6. The Hall–Kier alpha value is -4.26. The van der Waals surface area contributed by atoms with Gasteiger partial charge in [0.25, 0.3) is 0 Å². The third-order valence-corrected chi connectivity index (χ3v) is 6.55. The van der Waals surface area contributed by atoms with Gasteiger partial charge in [-0.25, -0.2) is 4.99 Å². The molecule has 0 saturated carbocycles. The minimum Gasteiger partial charge on any atom is -0.495 e. The number of benzene rings is 2. The van der Waals surface area contributed by atoms with Gasteiger partial charge in [-0.3, -0.25) is 10.3 Å². The summed E-state index contributed by atoms with van der Waals surface area (Å²) in [5, 5.41) is 16.8. The second kappa shape index (κ2) is 15.4. The number of nitriles is 1. The van der Waals surface area contributed by atoms with Gasteiger partial charge >= 0.3 is 0 Å². The summed E-state index contributed by atoms with van der Waals surface area (Å²) in [5.41, 5.74) is 7.24. The van der Waals surface area contributed by atoms with E-state index in [2.05, 4.69) is 58.6 Å². The fourth-order valence-electron chi connectivity index (χ4n) is 4.31. The number of hydroxylamine groups is 1. The number of nitrogens with one attached hydrogen (secondary N) is 3. The normalized spacial score (nSPS) is 14.9. The van der Waals surface area contributed by atoms with Crippen molar-refractivity contribution in [2.24, 2.45) is 4.99 Å². The fraction of sp³-hybridized carbons (Fsp3) is 0.355. The van der Waals surface area contributed by atoms with Crippen molar-refractivity contribution in [2.75, 3.05) is 63.0 Å². The van der Waals surface area contributed by atoms with Crippen LogP contribution in [0.1, 0.15) is 32.3 Å². The number of piperazine rings is 1. The number of anilines is 3. The predicted molar refractivity (Wildman–Crippen MR) is 165 cm³/mol. The molecule has 40 heavy (non-hydrogen) atoms.